The zero-order valence-electron chi connectivity index (χ0n) is 15.3. The molecule has 3 unspecified atom stereocenters. The van der Waals surface area contributed by atoms with Gasteiger partial charge in [0.1, 0.15) is 0 Å². The highest BCUT2D eigenvalue weighted by atomic mass is 35.5. The van der Waals surface area contributed by atoms with Crippen molar-refractivity contribution < 1.29 is 4.79 Å². The Morgan fingerprint density at radius 2 is 2.12 bits per heavy atom. The summed E-state index contributed by atoms with van der Waals surface area (Å²) in [5.41, 5.74) is 7.57. The van der Waals surface area contributed by atoms with Crippen molar-refractivity contribution in [1.82, 2.24) is 4.90 Å². The van der Waals surface area contributed by atoms with Crippen molar-refractivity contribution in [3.8, 4) is 0 Å². The Hall–Kier alpha value is -0.580. The van der Waals surface area contributed by atoms with Crippen LogP contribution in [-0.2, 0) is 12.8 Å². The highest BCUT2D eigenvalue weighted by Crippen LogP contribution is 2.40. The number of hydrogen-bond acceptors (Lipinski definition) is 3. The number of rotatable bonds is 2. The van der Waals surface area contributed by atoms with Crippen molar-refractivity contribution in [2.24, 2.45) is 23.0 Å². The molecule has 3 nitrogen and oxygen atoms in total. The molecule has 0 spiro atoms. The van der Waals surface area contributed by atoms with Gasteiger partial charge in [-0.05, 0) is 68.0 Å². The summed E-state index contributed by atoms with van der Waals surface area (Å²) >= 11 is 1.73. The van der Waals surface area contributed by atoms with Gasteiger partial charge in [0, 0.05) is 17.5 Å². The van der Waals surface area contributed by atoms with Crippen LogP contribution in [0.2, 0.25) is 0 Å². The lowest BCUT2D eigenvalue weighted by atomic mass is 9.72. The van der Waals surface area contributed by atoms with Crippen LogP contribution in [0.4, 0.5) is 0 Å². The fraction of sp³-hybridized carbons (Fsp3) is 0.737. The van der Waals surface area contributed by atoms with Crippen molar-refractivity contribution in [3.05, 3.63) is 21.4 Å². The second-order valence-electron chi connectivity index (χ2n) is 8.51. The van der Waals surface area contributed by atoms with Crippen molar-refractivity contribution in [1.29, 1.82) is 0 Å². The van der Waals surface area contributed by atoms with Crippen molar-refractivity contribution in [2.75, 3.05) is 13.1 Å². The number of amides is 1. The topological polar surface area (TPSA) is 46.3 Å². The van der Waals surface area contributed by atoms with E-state index >= 15 is 0 Å². The number of likely N-dealkylation sites (tertiary alicyclic amines) is 1. The summed E-state index contributed by atoms with van der Waals surface area (Å²) in [7, 11) is 0. The molecular weight excluding hydrogens is 340 g/mol. The number of thiophene rings is 1. The molecule has 0 saturated carbocycles. The number of aryl methyl sites for hydroxylation is 1. The molecule has 1 saturated heterocycles. The molecule has 3 rings (SSSR count). The van der Waals surface area contributed by atoms with E-state index < -0.39 is 0 Å². The Labute approximate surface area is 156 Å². The molecule has 1 aromatic rings. The molecule has 1 fully saturated rings. The maximum absolute atomic E-state index is 12.9. The average molecular weight is 371 g/mol. The Morgan fingerprint density at radius 1 is 1.42 bits per heavy atom. The zero-order chi connectivity index (χ0) is 16.8. The van der Waals surface area contributed by atoms with E-state index in [-0.39, 0.29) is 18.3 Å². The van der Waals surface area contributed by atoms with Crippen LogP contribution in [0.25, 0.3) is 0 Å². The van der Waals surface area contributed by atoms with Crippen LogP contribution in [0.3, 0.4) is 0 Å². The molecule has 0 aromatic carbocycles. The van der Waals surface area contributed by atoms with Crippen molar-refractivity contribution in [3.63, 3.8) is 0 Å². The molecule has 2 heterocycles. The van der Waals surface area contributed by atoms with Gasteiger partial charge in [0.15, 0.2) is 0 Å². The van der Waals surface area contributed by atoms with Gasteiger partial charge in [-0.3, -0.25) is 4.79 Å². The van der Waals surface area contributed by atoms with E-state index in [0.29, 0.717) is 23.9 Å². The quantitative estimate of drug-likeness (QED) is 0.850. The Balaban J connectivity index is 0.00000208. The maximum Gasteiger partial charge on any atom is 0.264 e. The molecule has 3 atom stereocenters. The first-order chi connectivity index (χ1) is 10.8. The lowest BCUT2D eigenvalue weighted by Gasteiger charge is -2.33. The predicted octanol–water partition coefficient (Wildman–Crippen LogP) is 4.13. The van der Waals surface area contributed by atoms with E-state index in [0.717, 1.165) is 36.6 Å². The minimum absolute atomic E-state index is 0. The van der Waals surface area contributed by atoms with E-state index in [1.807, 2.05) is 4.90 Å². The second-order valence-corrected chi connectivity index (χ2v) is 9.65. The van der Waals surface area contributed by atoms with E-state index in [4.69, 9.17) is 5.73 Å². The first-order valence-corrected chi connectivity index (χ1v) is 9.74. The normalized spacial score (nSPS) is 26.9. The first-order valence-electron chi connectivity index (χ1n) is 8.92. The van der Waals surface area contributed by atoms with Crippen molar-refractivity contribution in [2.45, 2.75) is 59.4 Å². The van der Waals surface area contributed by atoms with Crippen LogP contribution >= 0.6 is 23.7 Å². The molecule has 2 aliphatic rings. The number of fused-ring (bicyclic) bond motifs is 1. The number of carbonyl (C=O) groups excluding carboxylic acids is 1. The molecule has 1 aliphatic heterocycles. The van der Waals surface area contributed by atoms with E-state index in [9.17, 15) is 4.79 Å². The minimum Gasteiger partial charge on any atom is -0.335 e. The Morgan fingerprint density at radius 3 is 2.71 bits per heavy atom. The van der Waals surface area contributed by atoms with Gasteiger partial charge in [0.25, 0.3) is 5.91 Å². The molecule has 0 bridgehead atoms. The zero-order valence-corrected chi connectivity index (χ0v) is 16.9. The minimum atomic E-state index is 0. The fourth-order valence-electron chi connectivity index (χ4n) is 4.11. The summed E-state index contributed by atoms with van der Waals surface area (Å²) in [5, 5.41) is 0. The second kappa shape index (κ2) is 7.35. The highest BCUT2D eigenvalue weighted by Gasteiger charge is 2.34. The molecule has 5 heteroatoms. The summed E-state index contributed by atoms with van der Waals surface area (Å²) in [6.45, 7) is 10.7. The molecule has 1 amide bonds. The van der Waals surface area contributed by atoms with E-state index in [1.54, 1.807) is 11.3 Å². The molecule has 1 aromatic heterocycles. The number of hydrogen-bond donors (Lipinski definition) is 1. The summed E-state index contributed by atoms with van der Waals surface area (Å²) < 4.78 is 0. The van der Waals surface area contributed by atoms with Crippen LogP contribution < -0.4 is 5.73 Å². The van der Waals surface area contributed by atoms with Gasteiger partial charge in [-0.1, -0.05) is 20.8 Å². The summed E-state index contributed by atoms with van der Waals surface area (Å²) in [6.07, 6.45) is 4.55. The summed E-state index contributed by atoms with van der Waals surface area (Å²) in [6, 6.07) is 2.50. The molecule has 0 radical (unpaired) electrons. The lowest BCUT2D eigenvalue weighted by Crippen LogP contribution is -2.33. The Bertz CT molecular complexity index is 593. The number of nitrogens with zero attached hydrogens (tertiary/aromatic N) is 1. The fourth-order valence-corrected chi connectivity index (χ4v) is 5.27. The lowest BCUT2D eigenvalue weighted by molar-refractivity contribution is 0.0748. The van der Waals surface area contributed by atoms with Crippen LogP contribution in [-0.4, -0.2) is 29.9 Å². The van der Waals surface area contributed by atoms with Gasteiger partial charge in [0.05, 0.1) is 4.88 Å². The van der Waals surface area contributed by atoms with Gasteiger partial charge in [-0.15, -0.1) is 23.7 Å². The molecular formula is C19H31ClN2OS. The van der Waals surface area contributed by atoms with Crippen LogP contribution in [0, 0.1) is 17.3 Å². The predicted molar refractivity (Wildman–Crippen MR) is 104 cm³/mol. The van der Waals surface area contributed by atoms with E-state index in [1.165, 1.54) is 16.9 Å². The molecule has 24 heavy (non-hydrogen) atoms. The SMILES string of the molecule is CC1CC(CN)CN1C(=O)c1cc2c(s1)CCC(C(C)(C)C)C2.Cl. The monoisotopic (exact) mass is 370 g/mol. The van der Waals surface area contributed by atoms with Crippen LogP contribution in [0.5, 0.6) is 0 Å². The first kappa shape index (κ1) is 19.7. The highest BCUT2D eigenvalue weighted by molar-refractivity contribution is 7.14. The van der Waals surface area contributed by atoms with E-state index in [2.05, 4.69) is 33.8 Å². The van der Waals surface area contributed by atoms with Gasteiger partial charge in [-0.25, -0.2) is 0 Å². The Kier molecular flexibility index (Phi) is 6.04. The molecule has 136 valence electrons. The number of halogens is 1. The number of carbonyl (C=O) groups is 1. The smallest absolute Gasteiger partial charge is 0.264 e. The van der Waals surface area contributed by atoms with Crippen LogP contribution in [0.1, 0.15) is 60.6 Å². The third-order valence-corrected chi connectivity index (χ3v) is 7.00. The summed E-state index contributed by atoms with van der Waals surface area (Å²) in [4.78, 5) is 17.3. The number of nitrogens with two attached hydrogens (primary N) is 1. The average Bonchev–Trinajstić information content (AvgIpc) is 3.07. The molecule has 2 N–H and O–H groups in total. The van der Waals surface area contributed by atoms with Gasteiger partial charge >= 0.3 is 0 Å². The standard InChI is InChI=1S/C19H30N2OS.ClH/c1-12-7-13(10-20)11-21(12)18(22)17-9-14-8-15(19(2,3)4)5-6-16(14)23-17;/h9,12-13,15H,5-8,10-11,20H2,1-4H3;1H. The maximum atomic E-state index is 12.9. The van der Waals surface area contributed by atoms with Gasteiger partial charge in [-0.2, -0.15) is 0 Å². The van der Waals surface area contributed by atoms with Crippen LogP contribution in [0.15, 0.2) is 6.07 Å². The third kappa shape index (κ3) is 3.81. The van der Waals surface area contributed by atoms with Gasteiger partial charge in [0.2, 0.25) is 0 Å². The largest absolute Gasteiger partial charge is 0.335 e. The molecule has 1 aliphatic carbocycles. The van der Waals surface area contributed by atoms with Crippen molar-refractivity contribution >= 4 is 29.7 Å². The summed E-state index contributed by atoms with van der Waals surface area (Å²) in [5.74, 6) is 1.41. The van der Waals surface area contributed by atoms with Gasteiger partial charge < -0.3 is 10.6 Å². The third-order valence-electron chi connectivity index (χ3n) is 5.77.